The number of aromatic nitrogens is 1. The van der Waals surface area contributed by atoms with Crippen LogP contribution in [0.15, 0.2) is 57.2 Å². The minimum absolute atomic E-state index is 0.145. The Kier molecular flexibility index (Phi) is 4.14. The van der Waals surface area contributed by atoms with Crippen molar-refractivity contribution >= 4 is 55.5 Å². The maximum atomic E-state index is 12.7. The monoisotopic (exact) mass is 387 g/mol. The minimum Gasteiger partial charge on any atom is -0.360 e. The number of benzene rings is 2. The van der Waals surface area contributed by atoms with Gasteiger partial charge < -0.3 is 4.98 Å². The molecule has 0 bridgehead atoms. The number of rotatable bonds is 2. The van der Waals surface area contributed by atoms with Crippen LogP contribution in [0.1, 0.15) is 0 Å². The summed E-state index contributed by atoms with van der Waals surface area (Å²) in [7, 11) is -4.06. The molecule has 118 valence electrons. The molecule has 0 saturated carbocycles. The van der Waals surface area contributed by atoms with Gasteiger partial charge in [-0.1, -0.05) is 34.8 Å². The molecule has 4 nitrogen and oxygen atoms in total. The average Bonchev–Trinajstić information content (AvgIpc) is 2.46. The fourth-order valence-electron chi connectivity index (χ4n) is 2.19. The third-order valence-electron chi connectivity index (χ3n) is 3.24. The van der Waals surface area contributed by atoms with Crippen LogP contribution < -0.4 is 5.43 Å². The molecule has 1 N–H and O–H groups in total. The van der Waals surface area contributed by atoms with Crippen molar-refractivity contribution in [1.29, 1.82) is 0 Å². The second kappa shape index (κ2) is 5.83. The topological polar surface area (TPSA) is 67.0 Å². The summed E-state index contributed by atoms with van der Waals surface area (Å²) in [6.45, 7) is 0. The van der Waals surface area contributed by atoms with Crippen molar-refractivity contribution in [2.24, 2.45) is 0 Å². The van der Waals surface area contributed by atoms with Crippen LogP contribution >= 0.6 is 34.8 Å². The highest BCUT2D eigenvalue weighted by molar-refractivity contribution is 7.91. The van der Waals surface area contributed by atoms with E-state index in [0.29, 0.717) is 10.5 Å². The summed E-state index contributed by atoms with van der Waals surface area (Å²) in [6.07, 6.45) is 1.14. The lowest BCUT2D eigenvalue weighted by atomic mass is 10.2. The molecule has 0 fully saturated rings. The molecule has 0 aliphatic rings. The number of hydrogen-bond donors (Lipinski definition) is 1. The Morgan fingerprint density at radius 2 is 1.52 bits per heavy atom. The molecule has 3 aromatic rings. The van der Waals surface area contributed by atoms with Crippen molar-refractivity contribution in [3.8, 4) is 0 Å². The molecule has 0 aliphatic carbocycles. The highest BCUT2D eigenvalue weighted by Gasteiger charge is 2.23. The van der Waals surface area contributed by atoms with Crippen molar-refractivity contribution in [3.05, 3.63) is 67.9 Å². The van der Waals surface area contributed by atoms with E-state index in [1.165, 1.54) is 30.3 Å². The van der Waals surface area contributed by atoms with Gasteiger partial charge in [-0.15, -0.1) is 0 Å². The first-order valence-corrected chi connectivity index (χ1v) is 8.93. The van der Waals surface area contributed by atoms with Gasteiger partial charge >= 0.3 is 0 Å². The summed E-state index contributed by atoms with van der Waals surface area (Å²) >= 11 is 17.6. The highest BCUT2D eigenvalue weighted by atomic mass is 35.5. The molecule has 1 heterocycles. The number of hydrogen-bond acceptors (Lipinski definition) is 3. The van der Waals surface area contributed by atoms with Crippen LogP contribution in [0.2, 0.25) is 15.1 Å². The van der Waals surface area contributed by atoms with Crippen molar-refractivity contribution in [3.63, 3.8) is 0 Å². The summed E-state index contributed by atoms with van der Waals surface area (Å²) in [5, 5.41) is 0.995. The number of pyridine rings is 1. The van der Waals surface area contributed by atoms with Gasteiger partial charge in [0, 0.05) is 26.7 Å². The van der Waals surface area contributed by atoms with Crippen molar-refractivity contribution in [2.45, 2.75) is 9.79 Å². The predicted octanol–water partition coefficient (Wildman–Crippen LogP) is 4.32. The van der Waals surface area contributed by atoms with Gasteiger partial charge in [0.15, 0.2) is 0 Å². The van der Waals surface area contributed by atoms with E-state index in [4.69, 9.17) is 34.8 Å². The standard InChI is InChI=1S/C15H8Cl3NO3S/c16-8-1-2-12-13(6-8)19-7-14(15(12)20)23(21,22)11-4-9(17)3-10(18)5-11/h1-7H,(H,19,20). The van der Waals surface area contributed by atoms with Gasteiger partial charge in [-0.2, -0.15) is 0 Å². The number of aromatic amines is 1. The third kappa shape index (κ3) is 2.97. The van der Waals surface area contributed by atoms with Crippen LogP contribution in [0.5, 0.6) is 0 Å². The van der Waals surface area contributed by atoms with Crippen LogP contribution in [0.4, 0.5) is 0 Å². The molecule has 0 amide bonds. The summed E-state index contributed by atoms with van der Waals surface area (Å²) in [5.74, 6) is 0. The maximum absolute atomic E-state index is 12.7. The Bertz CT molecular complexity index is 1070. The molecule has 23 heavy (non-hydrogen) atoms. The molecule has 0 aliphatic heterocycles. The summed E-state index contributed by atoms with van der Waals surface area (Å²) in [5.41, 5.74) is -0.169. The molecule has 2 aromatic carbocycles. The van der Waals surface area contributed by atoms with Gasteiger partial charge in [-0.3, -0.25) is 4.79 Å². The molecule has 1 aromatic heterocycles. The molecule has 0 radical (unpaired) electrons. The van der Waals surface area contributed by atoms with E-state index >= 15 is 0 Å². The molecule has 0 saturated heterocycles. The van der Waals surface area contributed by atoms with Crippen LogP contribution in [0.3, 0.4) is 0 Å². The van der Waals surface area contributed by atoms with Crippen molar-refractivity contribution < 1.29 is 8.42 Å². The molecule has 0 atom stereocenters. The fraction of sp³-hybridized carbons (Fsp3) is 0. The van der Waals surface area contributed by atoms with E-state index in [9.17, 15) is 13.2 Å². The largest absolute Gasteiger partial charge is 0.360 e. The number of halogens is 3. The zero-order valence-corrected chi connectivity index (χ0v) is 14.4. The Hall–Kier alpha value is -1.53. The van der Waals surface area contributed by atoms with Crippen LogP contribution in [-0.4, -0.2) is 13.4 Å². The van der Waals surface area contributed by atoms with Crippen molar-refractivity contribution in [1.82, 2.24) is 4.98 Å². The Labute approximate surface area is 146 Å². The smallest absolute Gasteiger partial charge is 0.212 e. The first kappa shape index (κ1) is 16.3. The fourth-order valence-corrected chi connectivity index (χ4v) is 4.40. The Morgan fingerprint density at radius 3 is 2.17 bits per heavy atom. The maximum Gasteiger partial charge on any atom is 0.212 e. The first-order valence-electron chi connectivity index (χ1n) is 6.31. The summed E-state index contributed by atoms with van der Waals surface area (Å²) < 4.78 is 25.4. The van der Waals surface area contributed by atoms with E-state index < -0.39 is 15.3 Å². The molecule has 0 spiro atoms. The Morgan fingerprint density at radius 1 is 0.870 bits per heavy atom. The van der Waals surface area contributed by atoms with Gasteiger partial charge in [0.2, 0.25) is 15.3 Å². The molecular weight excluding hydrogens is 381 g/mol. The van der Waals surface area contributed by atoms with Crippen molar-refractivity contribution in [2.75, 3.05) is 0 Å². The normalized spacial score (nSPS) is 11.8. The molecule has 3 rings (SSSR count). The summed E-state index contributed by atoms with van der Waals surface area (Å²) in [6, 6.07) is 8.44. The van der Waals surface area contributed by atoms with E-state index in [1.807, 2.05) is 0 Å². The lowest BCUT2D eigenvalue weighted by molar-refractivity contribution is 0.595. The zero-order chi connectivity index (χ0) is 16.8. The van der Waals surface area contributed by atoms with Gasteiger partial charge in [0.05, 0.1) is 10.4 Å². The summed E-state index contributed by atoms with van der Waals surface area (Å²) in [4.78, 5) is 14.8. The second-order valence-electron chi connectivity index (χ2n) is 4.78. The lowest BCUT2D eigenvalue weighted by Gasteiger charge is -2.07. The van der Waals surface area contributed by atoms with Gasteiger partial charge in [0.1, 0.15) is 4.90 Å². The quantitative estimate of drug-likeness (QED) is 0.711. The molecule has 8 heteroatoms. The average molecular weight is 389 g/mol. The predicted molar refractivity (Wildman–Crippen MR) is 91.5 cm³/mol. The molecular formula is C15H8Cl3NO3S. The Balaban J connectivity index is 2.29. The van der Waals surface area contributed by atoms with Gasteiger partial charge in [-0.05, 0) is 36.4 Å². The number of H-pyrrole nitrogens is 1. The van der Waals surface area contributed by atoms with Crippen LogP contribution in [0.25, 0.3) is 10.9 Å². The minimum atomic E-state index is -4.06. The zero-order valence-electron chi connectivity index (χ0n) is 11.3. The van der Waals surface area contributed by atoms with E-state index in [1.54, 1.807) is 6.07 Å². The third-order valence-corrected chi connectivity index (χ3v) is 5.65. The number of nitrogens with one attached hydrogen (secondary N) is 1. The van der Waals surface area contributed by atoms with E-state index in [0.717, 1.165) is 6.20 Å². The number of fused-ring (bicyclic) bond motifs is 1. The molecule has 0 unspecified atom stereocenters. The van der Waals surface area contributed by atoms with Crippen LogP contribution in [0, 0.1) is 0 Å². The van der Waals surface area contributed by atoms with Gasteiger partial charge in [0.25, 0.3) is 0 Å². The SMILES string of the molecule is O=c1c(S(=O)(=O)c2cc(Cl)cc(Cl)c2)c[nH]c2cc(Cl)ccc12. The highest BCUT2D eigenvalue weighted by Crippen LogP contribution is 2.26. The van der Waals surface area contributed by atoms with Crippen LogP contribution in [-0.2, 0) is 9.84 Å². The second-order valence-corrected chi connectivity index (χ2v) is 8.01. The van der Waals surface area contributed by atoms with E-state index in [2.05, 4.69) is 4.98 Å². The lowest BCUT2D eigenvalue weighted by Crippen LogP contribution is -2.16. The van der Waals surface area contributed by atoms with Gasteiger partial charge in [-0.25, -0.2) is 8.42 Å². The number of sulfone groups is 1. The first-order chi connectivity index (χ1) is 10.8. The van der Waals surface area contributed by atoms with E-state index in [-0.39, 0.29) is 25.2 Å².